The Hall–Kier alpha value is -1.38. The number of rotatable bonds is 2. The van der Waals surface area contributed by atoms with Crippen LogP contribution in [0.2, 0.25) is 0 Å². The van der Waals surface area contributed by atoms with E-state index >= 15 is 0 Å². The first-order valence-corrected chi connectivity index (χ1v) is 5.29. The second kappa shape index (κ2) is 3.65. The van der Waals surface area contributed by atoms with Crippen molar-refractivity contribution in [2.24, 2.45) is 5.41 Å². The van der Waals surface area contributed by atoms with Crippen molar-refractivity contribution in [1.82, 2.24) is 4.98 Å². The molecule has 0 spiro atoms. The van der Waals surface area contributed by atoms with Gasteiger partial charge in [0.05, 0.1) is 0 Å². The van der Waals surface area contributed by atoms with Gasteiger partial charge in [0, 0.05) is 30.9 Å². The molecule has 80 valence electrons. The van der Waals surface area contributed by atoms with Crippen LogP contribution in [0, 0.1) is 5.41 Å². The van der Waals surface area contributed by atoms with Crippen LogP contribution in [-0.4, -0.2) is 10.8 Å². The second-order valence-corrected chi connectivity index (χ2v) is 4.78. The Morgan fingerprint density at radius 2 is 2.40 bits per heavy atom. The predicted molar refractivity (Wildman–Crippen MR) is 59.3 cm³/mol. The molecule has 1 fully saturated rings. The Labute approximate surface area is 89.7 Å². The molecule has 15 heavy (non-hydrogen) atoms. The van der Waals surface area contributed by atoms with Crippen LogP contribution in [0.1, 0.15) is 31.7 Å². The van der Waals surface area contributed by atoms with Crippen molar-refractivity contribution in [2.45, 2.75) is 32.6 Å². The highest BCUT2D eigenvalue weighted by Gasteiger charge is 2.34. The van der Waals surface area contributed by atoms with Crippen molar-refractivity contribution < 1.29 is 4.79 Å². The number of nitrogen functional groups attached to an aromatic ring is 1. The predicted octanol–water partition coefficient (Wildman–Crippen LogP) is 1.97. The van der Waals surface area contributed by atoms with E-state index in [4.69, 9.17) is 5.73 Å². The zero-order valence-corrected chi connectivity index (χ0v) is 8.99. The standard InChI is InChI=1S/C12H16N2O/c1-12(4-2-10(15)7-12)6-9-8-14-5-3-11(9)13/h3,5,8H,2,4,6-7H2,1H3,(H2,13,14). The van der Waals surface area contributed by atoms with Gasteiger partial charge in [-0.2, -0.15) is 0 Å². The van der Waals surface area contributed by atoms with Gasteiger partial charge in [-0.1, -0.05) is 6.92 Å². The molecule has 1 aromatic rings. The molecule has 0 aliphatic heterocycles. The van der Waals surface area contributed by atoms with E-state index in [0.717, 1.165) is 30.5 Å². The third-order valence-electron chi connectivity index (χ3n) is 3.19. The molecule has 3 nitrogen and oxygen atoms in total. The van der Waals surface area contributed by atoms with E-state index < -0.39 is 0 Å². The molecule has 0 bridgehead atoms. The summed E-state index contributed by atoms with van der Waals surface area (Å²) in [5.74, 6) is 0.375. The van der Waals surface area contributed by atoms with Crippen LogP contribution >= 0.6 is 0 Å². The first kappa shape index (κ1) is 10.1. The van der Waals surface area contributed by atoms with Crippen LogP contribution in [-0.2, 0) is 11.2 Å². The van der Waals surface area contributed by atoms with Crippen molar-refractivity contribution in [3.63, 3.8) is 0 Å². The van der Waals surface area contributed by atoms with Crippen molar-refractivity contribution in [3.8, 4) is 0 Å². The van der Waals surface area contributed by atoms with Gasteiger partial charge in [-0.25, -0.2) is 0 Å². The Morgan fingerprint density at radius 3 is 3.00 bits per heavy atom. The molecule has 2 rings (SSSR count). The van der Waals surface area contributed by atoms with Gasteiger partial charge < -0.3 is 5.73 Å². The zero-order valence-electron chi connectivity index (χ0n) is 8.99. The van der Waals surface area contributed by atoms with Crippen LogP contribution in [0.3, 0.4) is 0 Å². The number of Topliss-reactive ketones (excluding diaryl/α,β-unsaturated/α-hetero) is 1. The van der Waals surface area contributed by atoms with Gasteiger partial charge in [0.15, 0.2) is 0 Å². The van der Waals surface area contributed by atoms with Gasteiger partial charge in [0.2, 0.25) is 0 Å². The molecule has 1 atom stereocenters. The molecule has 1 saturated carbocycles. The summed E-state index contributed by atoms with van der Waals surface area (Å²) in [5.41, 5.74) is 7.81. The van der Waals surface area contributed by atoms with Crippen LogP contribution in [0.4, 0.5) is 5.69 Å². The fraction of sp³-hybridized carbons (Fsp3) is 0.500. The number of anilines is 1. The van der Waals surface area contributed by atoms with Gasteiger partial charge in [-0.15, -0.1) is 0 Å². The van der Waals surface area contributed by atoms with E-state index in [2.05, 4.69) is 11.9 Å². The molecular formula is C12H16N2O. The van der Waals surface area contributed by atoms with E-state index in [1.54, 1.807) is 6.20 Å². The summed E-state index contributed by atoms with van der Waals surface area (Å²) in [7, 11) is 0. The average Bonchev–Trinajstić information content (AvgIpc) is 2.51. The fourth-order valence-corrected chi connectivity index (χ4v) is 2.29. The molecule has 0 amide bonds. The van der Waals surface area contributed by atoms with Crippen molar-refractivity contribution in [3.05, 3.63) is 24.0 Å². The number of aromatic nitrogens is 1. The molecule has 0 radical (unpaired) electrons. The minimum Gasteiger partial charge on any atom is -0.398 e. The summed E-state index contributed by atoms with van der Waals surface area (Å²) in [4.78, 5) is 15.4. The largest absolute Gasteiger partial charge is 0.398 e. The lowest BCUT2D eigenvalue weighted by Crippen LogP contribution is -2.16. The third-order valence-corrected chi connectivity index (χ3v) is 3.19. The first-order chi connectivity index (χ1) is 7.09. The van der Waals surface area contributed by atoms with E-state index in [1.165, 1.54) is 0 Å². The maximum atomic E-state index is 11.3. The maximum Gasteiger partial charge on any atom is 0.133 e. The highest BCUT2D eigenvalue weighted by Crippen LogP contribution is 2.39. The quantitative estimate of drug-likeness (QED) is 0.801. The number of carbonyl (C=O) groups excluding carboxylic acids is 1. The highest BCUT2D eigenvalue weighted by atomic mass is 16.1. The summed E-state index contributed by atoms with van der Waals surface area (Å²) in [6, 6.07) is 1.81. The van der Waals surface area contributed by atoms with Crippen LogP contribution in [0.5, 0.6) is 0 Å². The number of carbonyl (C=O) groups is 1. The lowest BCUT2D eigenvalue weighted by molar-refractivity contribution is -0.117. The summed E-state index contributed by atoms with van der Waals surface area (Å²) in [6.45, 7) is 2.16. The van der Waals surface area contributed by atoms with E-state index in [0.29, 0.717) is 12.2 Å². The first-order valence-electron chi connectivity index (χ1n) is 5.29. The smallest absolute Gasteiger partial charge is 0.133 e. The average molecular weight is 204 g/mol. The second-order valence-electron chi connectivity index (χ2n) is 4.78. The van der Waals surface area contributed by atoms with Gasteiger partial charge in [0.25, 0.3) is 0 Å². The Morgan fingerprint density at radius 1 is 1.60 bits per heavy atom. The minimum atomic E-state index is 0.0915. The monoisotopic (exact) mass is 204 g/mol. The lowest BCUT2D eigenvalue weighted by Gasteiger charge is -2.22. The Kier molecular flexibility index (Phi) is 2.47. The normalized spacial score (nSPS) is 25.8. The van der Waals surface area contributed by atoms with Gasteiger partial charge in [0.1, 0.15) is 5.78 Å². The van der Waals surface area contributed by atoms with Gasteiger partial charge in [-0.05, 0) is 29.9 Å². The fourth-order valence-electron chi connectivity index (χ4n) is 2.29. The molecule has 1 aliphatic carbocycles. The Bertz CT molecular complexity index is 389. The number of hydrogen-bond donors (Lipinski definition) is 1. The molecule has 1 unspecified atom stereocenters. The number of ketones is 1. The summed E-state index contributed by atoms with van der Waals surface area (Å²) < 4.78 is 0. The summed E-state index contributed by atoms with van der Waals surface area (Å²) in [5, 5.41) is 0. The SMILES string of the molecule is CC1(Cc2cnccc2N)CCC(=O)C1. The van der Waals surface area contributed by atoms with Crippen LogP contribution < -0.4 is 5.73 Å². The molecule has 0 saturated heterocycles. The minimum absolute atomic E-state index is 0.0915. The van der Waals surface area contributed by atoms with Gasteiger partial charge >= 0.3 is 0 Å². The zero-order chi connectivity index (χ0) is 10.9. The van der Waals surface area contributed by atoms with E-state index in [9.17, 15) is 4.79 Å². The lowest BCUT2D eigenvalue weighted by atomic mass is 9.82. The summed E-state index contributed by atoms with van der Waals surface area (Å²) >= 11 is 0. The van der Waals surface area contributed by atoms with Crippen molar-refractivity contribution in [2.75, 3.05) is 5.73 Å². The van der Waals surface area contributed by atoms with E-state index in [1.807, 2.05) is 12.3 Å². The number of hydrogen-bond acceptors (Lipinski definition) is 3. The Balaban J connectivity index is 2.15. The molecular weight excluding hydrogens is 188 g/mol. The molecule has 2 N–H and O–H groups in total. The highest BCUT2D eigenvalue weighted by molar-refractivity contribution is 5.81. The van der Waals surface area contributed by atoms with Crippen molar-refractivity contribution >= 4 is 11.5 Å². The molecule has 1 heterocycles. The molecule has 1 aromatic heterocycles. The summed E-state index contributed by atoms with van der Waals surface area (Å²) in [6.07, 6.45) is 6.74. The van der Waals surface area contributed by atoms with E-state index in [-0.39, 0.29) is 5.41 Å². The number of nitrogens with two attached hydrogens (primary N) is 1. The number of nitrogens with zero attached hydrogens (tertiary/aromatic N) is 1. The third kappa shape index (κ3) is 2.17. The number of pyridine rings is 1. The van der Waals surface area contributed by atoms with Crippen LogP contribution in [0.25, 0.3) is 0 Å². The van der Waals surface area contributed by atoms with Crippen molar-refractivity contribution in [1.29, 1.82) is 0 Å². The molecule has 1 aliphatic rings. The van der Waals surface area contributed by atoms with Gasteiger partial charge in [-0.3, -0.25) is 9.78 Å². The topological polar surface area (TPSA) is 56.0 Å². The molecule has 0 aromatic carbocycles. The maximum absolute atomic E-state index is 11.3. The molecule has 3 heteroatoms. The van der Waals surface area contributed by atoms with Crippen LogP contribution in [0.15, 0.2) is 18.5 Å².